The number of aliphatic hydroxyl groups excluding tert-OH is 1. The molecule has 4 heteroatoms. The molecular weight excluding hydrogens is 182 g/mol. The molecule has 0 amide bonds. The highest BCUT2D eigenvalue weighted by atomic mass is 16.6. The molecule has 1 aromatic rings. The van der Waals surface area contributed by atoms with Crippen LogP contribution in [0.5, 0.6) is 0 Å². The first-order valence-electron chi connectivity index (χ1n) is 4.53. The highest BCUT2D eigenvalue weighted by Gasteiger charge is 2.28. The minimum atomic E-state index is -1.02. The van der Waals surface area contributed by atoms with Gasteiger partial charge < -0.3 is 5.11 Å². The van der Waals surface area contributed by atoms with E-state index in [2.05, 4.69) is 0 Å². The van der Waals surface area contributed by atoms with Gasteiger partial charge in [0.25, 0.3) is 0 Å². The minimum Gasteiger partial charge on any atom is -0.381 e. The predicted octanol–water partition coefficient (Wildman–Crippen LogP) is 1.78. The maximum absolute atomic E-state index is 10.6. The van der Waals surface area contributed by atoms with Crippen LogP contribution in [0.25, 0.3) is 0 Å². The van der Waals surface area contributed by atoms with Gasteiger partial charge in [0.05, 0.1) is 0 Å². The Hall–Kier alpha value is -1.42. The van der Waals surface area contributed by atoms with Gasteiger partial charge in [-0.25, -0.2) is 0 Å². The maximum Gasteiger partial charge on any atom is 0.242 e. The Labute approximate surface area is 82.3 Å². The molecule has 0 aliphatic heterocycles. The fraction of sp³-hybridized carbons (Fsp3) is 0.400. The fourth-order valence-corrected chi connectivity index (χ4v) is 1.36. The monoisotopic (exact) mass is 195 g/mol. The van der Waals surface area contributed by atoms with E-state index in [9.17, 15) is 15.2 Å². The number of rotatable bonds is 4. The van der Waals surface area contributed by atoms with E-state index in [0.29, 0.717) is 12.0 Å². The molecule has 0 unspecified atom stereocenters. The number of aliphatic hydroxyl groups is 1. The molecule has 0 aliphatic carbocycles. The summed E-state index contributed by atoms with van der Waals surface area (Å²) in [7, 11) is 0. The van der Waals surface area contributed by atoms with Gasteiger partial charge in [0.1, 0.15) is 6.10 Å². The SMILES string of the molecule is CC[C@H]([C@H](O)c1ccccc1)[N+](=O)[O-]. The summed E-state index contributed by atoms with van der Waals surface area (Å²) in [4.78, 5) is 10.2. The second kappa shape index (κ2) is 4.72. The van der Waals surface area contributed by atoms with Crippen LogP contribution in [0.3, 0.4) is 0 Å². The first-order valence-corrected chi connectivity index (χ1v) is 4.53. The first-order chi connectivity index (χ1) is 6.66. The van der Waals surface area contributed by atoms with Crippen LogP contribution >= 0.6 is 0 Å². The normalized spacial score (nSPS) is 14.7. The van der Waals surface area contributed by atoms with Crippen molar-refractivity contribution in [3.63, 3.8) is 0 Å². The van der Waals surface area contributed by atoms with E-state index in [-0.39, 0.29) is 0 Å². The maximum atomic E-state index is 10.6. The lowest BCUT2D eigenvalue weighted by atomic mass is 10.0. The molecule has 0 aromatic heterocycles. The van der Waals surface area contributed by atoms with E-state index in [0.717, 1.165) is 0 Å². The summed E-state index contributed by atoms with van der Waals surface area (Å²) in [6, 6.07) is 7.78. The van der Waals surface area contributed by atoms with Gasteiger partial charge in [-0.15, -0.1) is 0 Å². The van der Waals surface area contributed by atoms with E-state index < -0.39 is 17.1 Å². The van der Waals surface area contributed by atoms with Crippen LogP contribution in [0.1, 0.15) is 25.0 Å². The third kappa shape index (κ3) is 2.29. The van der Waals surface area contributed by atoms with E-state index >= 15 is 0 Å². The summed E-state index contributed by atoms with van der Waals surface area (Å²) < 4.78 is 0. The predicted molar refractivity (Wildman–Crippen MR) is 52.5 cm³/mol. The lowest BCUT2D eigenvalue weighted by Crippen LogP contribution is -2.26. The van der Waals surface area contributed by atoms with E-state index in [4.69, 9.17) is 0 Å². The molecule has 1 rings (SSSR count). The van der Waals surface area contributed by atoms with Gasteiger partial charge >= 0.3 is 0 Å². The largest absolute Gasteiger partial charge is 0.381 e. The topological polar surface area (TPSA) is 63.4 Å². The molecular formula is C10H13NO3. The van der Waals surface area contributed by atoms with Crippen LogP contribution in [-0.4, -0.2) is 16.1 Å². The quantitative estimate of drug-likeness (QED) is 0.588. The third-order valence-electron chi connectivity index (χ3n) is 2.19. The summed E-state index contributed by atoms with van der Waals surface area (Å²) in [5.41, 5.74) is 0.594. The summed E-state index contributed by atoms with van der Waals surface area (Å²) in [6.07, 6.45) is -0.695. The zero-order valence-electron chi connectivity index (χ0n) is 7.96. The first kappa shape index (κ1) is 10.7. The van der Waals surface area contributed by atoms with Gasteiger partial charge in [0.2, 0.25) is 6.04 Å². The highest BCUT2D eigenvalue weighted by molar-refractivity contribution is 5.18. The van der Waals surface area contributed by atoms with Crippen molar-refractivity contribution in [1.29, 1.82) is 0 Å². The van der Waals surface area contributed by atoms with Crippen LogP contribution < -0.4 is 0 Å². The molecule has 0 aliphatic rings. The Balaban J connectivity index is 2.83. The summed E-state index contributed by atoms with van der Waals surface area (Å²) >= 11 is 0. The van der Waals surface area contributed by atoms with Crippen molar-refractivity contribution in [3.05, 3.63) is 46.0 Å². The van der Waals surface area contributed by atoms with Gasteiger partial charge in [-0.1, -0.05) is 37.3 Å². The standard InChI is InChI=1S/C10H13NO3/c1-2-9(11(13)14)10(12)8-6-4-3-5-7-8/h3-7,9-10,12H,2H2,1H3/t9-,10-/m1/s1. The molecule has 0 fully saturated rings. The number of nitrogens with zero attached hydrogens (tertiary/aromatic N) is 1. The number of hydrogen-bond acceptors (Lipinski definition) is 3. The Kier molecular flexibility index (Phi) is 3.59. The lowest BCUT2D eigenvalue weighted by molar-refractivity contribution is -0.536. The molecule has 0 saturated heterocycles. The van der Waals surface area contributed by atoms with Crippen LogP contribution in [0.15, 0.2) is 30.3 Å². The molecule has 0 bridgehead atoms. The Morgan fingerprint density at radius 1 is 1.43 bits per heavy atom. The number of nitro groups is 1. The average molecular weight is 195 g/mol. The van der Waals surface area contributed by atoms with Crippen molar-refractivity contribution >= 4 is 0 Å². The van der Waals surface area contributed by atoms with Crippen molar-refractivity contribution < 1.29 is 10.0 Å². The molecule has 1 aromatic carbocycles. The molecule has 0 spiro atoms. The Bertz CT molecular complexity index is 299. The second-order valence-electron chi connectivity index (χ2n) is 3.12. The van der Waals surface area contributed by atoms with Gasteiger partial charge in [0, 0.05) is 11.3 Å². The minimum absolute atomic E-state index is 0.322. The Morgan fingerprint density at radius 3 is 2.43 bits per heavy atom. The third-order valence-corrected chi connectivity index (χ3v) is 2.19. The summed E-state index contributed by atoms with van der Waals surface area (Å²) in [6.45, 7) is 1.69. The van der Waals surface area contributed by atoms with Crippen molar-refractivity contribution in [2.45, 2.75) is 25.5 Å². The summed E-state index contributed by atoms with van der Waals surface area (Å²) in [5, 5.41) is 20.3. The van der Waals surface area contributed by atoms with Crippen molar-refractivity contribution in [2.75, 3.05) is 0 Å². The van der Waals surface area contributed by atoms with E-state index in [1.54, 1.807) is 31.2 Å². The van der Waals surface area contributed by atoms with E-state index in [1.165, 1.54) is 0 Å². The molecule has 0 saturated carbocycles. The molecule has 0 radical (unpaired) electrons. The van der Waals surface area contributed by atoms with Crippen molar-refractivity contribution in [3.8, 4) is 0 Å². The van der Waals surface area contributed by atoms with Crippen LogP contribution in [0, 0.1) is 10.1 Å². The van der Waals surface area contributed by atoms with Crippen LogP contribution in [-0.2, 0) is 0 Å². The van der Waals surface area contributed by atoms with Gasteiger partial charge in [-0.05, 0) is 5.56 Å². The van der Waals surface area contributed by atoms with Crippen molar-refractivity contribution in [2.24, 2.45) is 0 Å². The molecule has 76 valence electrons. The Morgan fingerprint density at radius 2 is 2.00 bits per heavy atom. The lowest BCUT2D eigenvalue weighted by Gasteiger charge is -2.14. The molecule has 0 heterocycles. The van der Waals surface area contributed by atoms with E-state index in [1.807, 2.05) is 6.07 Å². The zero-order valence-corrected chi connectivity index (χ0v) is 7.96. The number of benzene rings is 1. The fourth-order valence-electron chi connectivity index (χ4n) is 1.36. The van der Waals surface area contributed by atoms with Gasteiger partial charge in [-0.3, -0.25) is 10.1 Å². The average Bonchev–Trinajstić information content (AvgIpc) is 2.19. The zero-order chi connectivity index (χ0) is 10.6. The molecule has 14 heavy (non-hydrogen) atoms. The molecule has 4 nitrogen and oxygen atoms in total. The highest BCUT2D eigenvalue weighted by Crippen LogP contribution is 2.20. The second-order valence-corrected chi connectivity index (χ2v) is 3.12. The van der Waals surface area contributed by atoms with Crippen LogP contribution in [0.2, 0.25) is 0 Å². The molecule has 2 atom stereocenters. The number of hydrogen-bond donors (Lipinski definition) is 1. The van der Waals surface area contributed by atoms with Gasteiger partial charge in [-0.2, -0.15) is 0 Å². The smallest absolute Gasteiger partial charge is 0.242 e. The summed E-state index contributed by atoms with van der Waals surface area (Å²) in [5.74, 6) is 0. The van der Waals surface area contributed by atoms with Crippen LogP contribution in [0.4, 0.5) is 0 Å². The molecule has 1 N–H and O–H groups in total. The van der Waals surface area contributed by atoms with Gasteiger partial charge in [0.15, 0.2) is 0 Å². The van der Waals surface area contributed by atoms with Crippen molar-refractivity contribution in [1.82, 2.24) is 0 Å².